The number of carboxylic acids is 1. The molecule has 0 aliphatic carbocycles. The average molecular weight is 347 g/mol. The molecule has 1 atom stereocenters. The highest BCUT2D eigenvalue weighted by atomic mass is 32.2. The molecule has 0 radical (unpaired) electrons. The summed E-state index contributed by atoms with van der Waals surface area (Å²) in [5.74, 6) is -3.40. The van der Waals surface area contributed by atoms with Gasteiger partial charge in [-0.05, 0) is 30.5 Å². The normalized spacial score (nSPS) is 12.9. The Morgan fingerprint density at radius 2 is 1.96 bits per heavy atom. The molecule has 128 valence electrons. The average Bonchev–Trinajstić information content (AvgIpc) is 2.44. The molecule has 1 aromatic rings. The predicted octanol–water partition coefficient (Wildman–Crippen LogP) is 1.39. The van der Waals surface area contributed by atoms with Gasteiger partial charge in [-0.2, -0.15) is 4.72 Å². The van der Waals surface area contributed by atoms with Crippen molar-refractivity contribution in [3.05, 3.63) is 29.6 Å². The van der Waals surface area contributed by atoms with E-state index in [9.17, 15) is 22.4 Å². The number of carbonyl (C=O) groups is 2. The number of methoxy groups -OCH3 is 1. The van der Waals surface area contributed by atoms with E-state index in [4.69, 9.17) is 5.11 Å². The number of ether oxygens (including phenoxy) is 1. The van der Waals surface area contributed by atoms with Crippen LogP contribution in [0.4, 0.5) is 4.39 Å². The molecule has 0 aliphatic heterocycles. The Balaban J connectivity index is 3.11. The molecule has 0 fully saturated rings. The first kappa shape index (κ1) is 19.0. The van der Waals surface area contributed by atoms with Crippen molar-refractivity contribution in [1.29, 1.82) is 0 Å². The van der Waals surface area contributed by atoms with Crippen molar-refractivity contribution >= 4 is 22.0 Å². The lowest BCUT2D eigenvalue weighted by Crippen LogP contribution is -2.41. The molecule has 0 heterocycles. The van der Waals surface area contributed by atoms with E-state index >= 15 is 0 Å². The smallest absolute Gasteiger partial charge is 0.340 e. The Hall–Kier alpha value is -2.00. The summed E-state index contributed by atoms with van der Waals surface area (Å²) in [4.78, 5) is 21.9. The first-order chi connectivity index (χ1) is 10.6. The quantitative estimate of drug-likeness (QED) is 0.721. The van der Waals surface area contributed by atoms with Crippen LogP contribution in [0.15, 0.2) is 23.1 Å². The highest BCUT2D eigenvalue weighted by Gasteiger charge is 2.27. The maximum absolute atomic E-state index is 13.8. The third kappa shape index (κ3) is 5.00. The Morgan fingerprint density at radius 1 is 1.35 bits per heavy atom. The van der Waals surface area contributed by atoms with Gasteiger partial charge >= 0.3 is 11.9 Å². The number of esters is 1. The lowest BCUT2D eigenvalue weighted by molar-refractivity contribution is -0.139. The van der Waals surface area contributed by atoms with Crippen LogP contribution in [0.5, 0.6) is 0 Å². The van der Waals surface area contributed by atoms with Crippen LogP contribution in [0.3, 0.4) is 0 Å². The molecule has 1 unspecified atom stereocenters. The maximum atomic E-state index is 13.8. The molecule has 0 aromatic heterocycles. The van der Waals surface area contributed by atoms with E-state index in [1.807, 2.05) is 4.72 Å². The highest BCUT2D eigenvalue weighted by Crippen LogP contribution is 2.17. The number of hydrogen-bond donors (Lipinski definition) is 2. The fraction of sp³-hybridized carbons (Fsp3) is 0.429. The minimum atomic E-state index is -4.24. The Bertz CT molecular complexity index is 701. The van der Waals surface area contributed by atoms with E-state index in [2.05, 4.69) is 4.74 Å². The highest BCUT2D eigenvalue weighted by molar-refractivity contribution is 7.89. The number of halogens is 1. The summed E-state index contributed by atoms with van der Waals surface area (Å²) in [7, 11) is -3.18. The van der Waals surface area contributed by atoms with Crippen LogP contribution in [-0.4, -0.2) is 38.6 Å². The molecular formula is C14H18FNO6S. The van der Waals surface area contributed by atoms with Gasteiger partial charge in [0.05, 0.1) is 17.6 Å². The van der Waals surface area contributed by atoms with E-state index in [-0.39, 0.29) is 12.3 Å². The number of aliphatic carboxylic acids is 1. The van der Waals surface area contributed by atoms with Crippen LogP contribution in [-0.2, 0) is 19.6 Å². The SMILES string of the molecule is COC(=O)c1ccc(S(=O)(=O)NC(CC(C)C)C(=O)O)cc1F. The van der Waals surface area contributed by atoms with Gasteiger partial charge in [0.2, 0.25) is 10.0 Å². The zero-order valence-electron chi connectivity index (χ0n) is 12.9. The lowest BCUT2D eigenvalue weighted by atomic mass is 10.1. The molecule has 1 aromatic carbocycles. The van der Waals surface area contributed by atoms with Gasteiger partial charge < -0.3 is 9.84 Å². The molecule has 2 N–H and O–H groups in total. The molecule has 0 spiro atoms. The van der Waals surface area contributed by atoms with E-state index in [1.165, 1.54) is 0 Å². The molecular weight excluding hydrogens is 329 g/mol. The lowest BCUT2D eigenvalue weighted by Gasteiger charge is -2.16. The molecule has 1 rings (SSSR count). The van der Waals surface area contributed by atoms with Gasteiger partial charge in [-0.1, -0.05) is 13.8 Å². The summed E-state index contributed by atoms with van der Waals surface area (Å²) >= 11 is 0. The van der Waals surface area contributed by atoms with Gasteiger partial charge in [-0.3, -0.25) is 4.79 Å². The minimum Gasteiger partial charge on any atom is -0.480 e. The van der Waals surface area contributed by atoms with Crippen LogP contribution >= 0.6 is 0 Å². The Labute approximate surface area is 133 Å². The van der Waals surface area contributed by atoms with Gasteiger partial charge in [0, 0.05) is 0 Å². The molecule has 9 heteroatoms. The summed E-state index contributed by atoms with van der Waals surface area (Å²) in [6.07, 6.45) is 0.0806. The zero-order valence-corrected chi connectivity index (χ0v) is 13.7. The van der Waals surface area contributed by atoms with E-state index in [0.717, 1.165) is 19.2 Å². The standard InChI is InChI=1S/C14H18FNO6S/c1-8(2)6-12(13(17)18)16-23(20,21)9-4-5-10(11(15)7-9)14(19)22-3/h4-5,7-8,12,16H,6H2,1-3H3,(H,17,18). The van der Waals surface area contributed by atoms with Gasteiger partial charge in [-0.25, -0.2) is 17.6 Å². The number of carboxylic acid groups (broad SMARTS) is 1. The van der Waals surface area contributed by atoms with Crippen molar-refractivity contribution < 1.29 is 32.2 Å². The summed E-state index contributed by atoms with van der Waals surface area (Å²) in [6.45, 7) is 3.49. The second-order valence-electron chi connectivity index (χ2n) is 5.27. The van der Waals surface area contributed by atoms with Crippen LogP contribution in [0.1, 0.15) is 30.6 Å². The number of sulfonamides is 1. The monoisotopic (exact) mass is 347 g/mol. The summed E-state index contributed by atoms with van der Waals surface area (Å²) < 4.78 is 44.5. The topological polar surface area (TPSA) is 110 Å². The van der Waals surface area contributed by atoms with Crippen LogP contribution in [0.25, 0.3) is 0 Å². The summed E-state index contributed by atoms with van der Waals surface area (Å²) in [5, 5.41) is 9.07. The van der Waals surface area contributed by atoms with E-state index in [0.29, 0.717) is 6.07 Å². The van der Waals surface area contributed by atoms with Gasteiger partial charge in [0.1, 0.15) is 11.9 Å². The van der Waals surface area contributed by atoms with Crippen molar-refractivity contribution in [2.75, 3.05) is 7.11 Å². The first-order valence-electron chi connectivity index (χ1n) is 6.71. The number of nitrogens with one attached hydrogen (secondary N) is 1. The second kappa shape index (κ2) is 7.51. The molecule has 7 nitrogen and oxygen atoms in total. The first-order valence-corrected chi connectivity index (χ1v) is 8.19. The van der Waals surface area contributed by atoms with E-state index < -0.39 is 44.3 Å². The predicted molar refractivity (Wildman–Crippen MR) is 78.9 cm³/mol. The fourth-order valence-corrected chi connectivity index (χ4v) is 3.08. The molecule has 0 saturated carbocycles. The van der Waals surface area contributed by atoms with Crippen molar-refractivity contribution in [3.8, 4) is 0 Å². The molecule has 0 aliphatic rings. The van der Waals surface area contributed by atoms with Gasteiger partial charge in [0.25, 0.3) is 0 Å². The van der Waals surface area contributed by atoms with Crippen LogP contribution in [0.2, 0.25) is 0 Å². The zero-order chi connectivity index (χ0) is 17.8. The molecule has 23 heavy (non-hydrogen) atoms. The van der Waals surface area contributed by atoms with Crippen molar-refractivity contribution in [2.24, 2.45) is 5.92 Å². The summed E-state index contributed by atoms with van der Waals surface area (Å²) in [6, 6.07) is 1.28. The van der Waals surface area contributed by atoms with E-state index in [1.54, 1.807) is 13.8 Å². The Morgan fingerprint density at radius 3 is 2.39 bits per heavy atom. The number of benzene rings is 1. The Kier molecular flexibility index (Phi) is 6.22. The minimum absolute atomic E-state index is 0.0581. The third-order valence-corrected chi connectivity index (χ3v) is 4.43. The van der Waals surface area contributed by atoms with Crippen molar-refractivity contribution in [3.63, 3.8) is 0 Å². The largest absolute Gasteiger partial charge is 0.480 e. The van der Waals surface area contributed by atoms with Crippen LogP contribution < -0.4 is 4.72 Å². The maximum Gasteiger partial charge on any atom is 0.340 e. The molecule has 0 amide bonds. The van der Waals surface area contributed by atoms with Crippen molar-refractivity contribution in [2.45, 2.75) is 31.2 Å². The number of hydrogen-bond acceptors (Lipinski definition) is 5. The number of rotatable bonds is 7. The summed E-state index contributed by atoms with van der Waals surface area (Å²) in [5.41, 5.74) is -0.414. The van der Waals surface area contributed by atoms with Gasteiger partial charge in [0.15, 0.2) is 0 Å². The number of carbonyl (C=O) groups excluding carboxylic acids is 1. The molecule has 0 saturated heterocycles. The fourth-order valence-electron chi connectivity index (χ4n) is 1.86. The van der Waals surface area contributed by atoms with Gasteiger partial charge in [-0.15, -0.1) is 0 Å². The molecule has 0 bridgehead atoms. The van der Waals surface area contributed by atoms with Crippen molar-refractivity contribution in [1.82, 2.24) is 4.72 Å². The third-order valence-electron chi connectivity index (χ3n) is 2.96. The second-order valence-corrected chi connectivity index (χ2v) is 6.99. The van der Waals surface area contributed by atoms with Crippen LogP contribution in [0, 0.1) is 11.7 Å².